The van der Waals surface area contributed by atoms with Crippen LogP contribution in [0.25, 0.3) is 10.9 Å². The van der Waals surface area contributed by atoms with Crippen LogP contribution in [-0.4, -0.2) is 24.1 Å². The first-order valence-electron chi connectivity index (χ1n) is 5.11. The van der Waals surface area contributed by atoms with Crippen LogP contribution in [0, 0.1) is 0 Å². The van der Waals surface area contributed by atoms with Crippen molar-refractivity contribution in [2.24, 2.45) is 5.73 Å². The fraction of sp³-hybridized carbons (Fsp3) is 0.250. The molecule has 0 aliphatic carbocycles. The van der Waals surface area contributed by atoms with Crippen LogP contribution in [-0.2, 0) is 16.0 Å². The Morgan fingerprint density at radius 3 is 2.94 bits per heavy atom. The molecule has 0 bridgehead atoms. The summed E-state index contributed by atoms with van der Waals surface area (Å²) in [5.74, 6) is -0.384. The standard InChI is InChI=1S/C12H14N2O2.ClH/c1-16-12(15)10(13)6-8-7-14-11-5-3-2-4-9(8)11;/h2-5,7,10,14H,6,13H2,1H3;1H. The number of H-pyrrole nitrogens is 1. The maximum Gasteiger partial charge on any atom is 1.00 e. The number of aromatic amines is 1. The van der Waals surface area contributed by atoms with E-state index < -0.39 is 6.04 Å². The summed E-state index contributed by atoms with van der Waals surface area (Å²) in [4.78, 5) is 14.4. The van der Waals surface area contributed by atoms with Gasteiger partial charge in [-0.15, -0.1) is 0 Å². The molecule has 0 spiro atoms. The van der Waals surface area contributed by atoms with Crippen molar-refractivity contribution in [2.75, 3.05) is 7.11 Å². The van der Waals surface area contributed by atoms with Gasteiger partial charge in [0.05, 0.1) is 7.11 Å². The number of aromatic nitrogens is 1. The monoisotopic (exact) mass is 254 g/mol. The zero-order valence-corrected chi connectivity index (χ0v) is 10.2. The van der Waals surface area contributed by atoms with Gasteiger partial charge in [0.25, 0.3) is 0 Å². The van der Waals surface area contributed by atoms with Crippen LogP contribution < -0.4 is 18.1 Å². The second-order valence-electron chi connectivity index (χ2n) is 3.69. The second kappa shape index (κ2) is 5.70. The average Bonchev–Trinajstić information content (AvgIpc) is 2.72. The Labute approximate surface area is 107 Å². The highest BCUT2D eigenvalue weighted by atomic mass is 35.5. The summed E-state index contributed by atoms with van der Waals surface area (Å²) in [5, 5.41) is 1.10. The van der Waals surface area contributed by atoms with Gasteiger partial charge in [0.2, 0.25) is 0 Å². The Morgan fingerprint density at radius 2 is 2.24 bits per heavy atom. The quantitative estimate of drug-likeness (QED) is 0.644. The molecule has 1 atom stereocenters. The molecule has 0 amide bonds. The van der Waals surface area contributed by atoms with Crippen LogP contribution in [0.4, 0.5) is 0 Å². The molecule has 1 aromatic heterocycles. The minimum Gasteiger partial charge on any atom is -1.00 e. The summed E-state index contributed by atoms with van der Waals surface area (Å²) < 4.78 is 4.60. The predicted octanol–water partition coefficient (Wildman–Crippen LogP) is -1.67. The highest BCUT2D eigenvalue weighted by Gasteiger charge is 2.16. The first kappa shape index (κ1) is 13.5. The molecule has 0 saturated heterocycles. The van der Waals surface area contributed by atoms with Crippen molar-refractivity contribution in [1.29, 1.82) is 0 Å². The fourth-order valence-electron chi connectivity index (χ4n) is 1.77. The smallest absolute Gasteiger partial charge is 1.00 e. The Hall–Kier alpha value is -1.52. The Balaban J connectivity index is 0.00000144. The second-order valence-corrected chi connectivity index (χ2v) is 3.69. The molecule has 92 valence electrons. The zero-order chi connectivity index (χ0) is 11.5. The van der Waals surface area contributed by atoms with Gasteiger partial charge in [0.15, 0.2) is 0 Å². The number of hydrogen-bond donors (Lipinski definition) is 2. The van der Waals surface area contributed by atoms with E-state index in [1.54, 1.807) is 0 Å². The largest absolute Gasteiger partial charge is 1.00 e. The minimum absolute atomic E-state index is 0. The van der Waals surface area contributed by atoms with Crippen molar-refractivity contribution >= 4 is 16.9 Å². The molecule has 0 aliphatic heterocycles. The maximum absolute atomic E-state index is 11.2. The van der Waals surface area contributed by atoms with Gasteiger partial charge in [-0.05, 0) is 11.6 Å². The fourth-order valence-corrected chi connectivity index (χ4v) is 1.77. The van der Waals surface area contributed by atoms with E-state index in [0.717, 1.165) is 16.5 Å². The van der Waals surface area contributed by atoms with Crippen LogP contribution in [0.1, 0.15) is 6.99 Å². The van der Waals surface area contributed by atoms with E-state index in [0.29, 0.717) is 6.42 Å². The molecule has 0 fully saturated rings. The number of nitrogens with one attached hydrogen (secondary N) is 1. The lowest BCUT2D eigenvalue weighted by Gasteiger charge is -2.07. The SMILES string of the molecule is COC(=O)C(N)Cc1c[nH]c2ccccc12.[Cl-].[H+]. The number of benzene rings is 1. The number of rotatable bonds is 3. The van der Waals surface area contributed by atoms with Crippen LogP contribution in [0.15, 0.2) is 30.5 Å². The normalized spacial score (nSPS) is 11.9. The molecular formula is C12H15ClN2O2. The van der Waals surface area contributed by atoms with Gasteiger partial charge in [0, 0.05) is 23.5 Å². The maximum atomic E-state index is 11.2. The number of ether oxygens (including phenoxy) is 1. The van der Waals surface area contributed by atoms with Crippen LogP contribution in [0.5, 0.6) is 0 Å². The number of methoxy groups -OCH3 is 1. The number of carbonyl (C=O) groups is 1. The van der Waals surface area contributed by atoms with Gasteiger partial charge < -0.3 is 27.9 Å². The van der Waals surface area contributed by atoms with Crippen LogP contribution >= 0.6 is 0 Å². The lowest BCUT2D eigenvalue weighted by molar-refractivity contribution is -0.142. The van der Waals surface area contributed by atoms with Crippen molar-refractivity contribution in [3.63, 3.8) is 0 Å². The molecule has 2 rings (SSSR count). The molecule has 0 radical (unpaired) electrons. The molecule has 17 heavy (non-hydrogen) atoms. The summed E-state index contributed by atoms with van der Waals surface area (Å²) in [6, 6.07) is 7.31. The molecule has 5 heteroatoms. The Kier molecular flexibility index (Phi) is 4.54. The molecule has 3 N–H and O–H groups in total. The summed E-state index contributed by atoms with van der Waals surface area (Å²) in [7, 11) is 1.34. The van der Waals surface area contributed by atoms with Crippen molar-refractivity contribution in [3.05, 3.63) is 36.0 Å². The molecule has 1 heterocycles. The van der Waals surface area contributed by atoms with E-state index in [2.05, 4.69) is 9.72 Å². The van der Waals surface area contributed by atoms with E-state index >= 15 is 0 Å². The lowest BCUT2D eigenvalue weighted by atomic mass is 10.1. The molecule has 1 unspecified atom stereocenters. The molecule has 0 aliphatic rings. The molecule has 1 aromatic carbocycles. The van der Waals surface area contributed by atoms with Gasteiger partial charge >= 0.3 is 7.40 Å². The summed E-state index contributed by atoms with van der Waals surface area (Å²) in [6.07, 6.45) is 2.37. The predicted molar refractivity (Wildman–Crippen MR) is 63.1 cm³/mol. The van der Waals surface area contributed by atoms with Crippen molar-refractivity contribution in [3.8, 4) is 0 Å². The van der Waals surface area contributed by atoms with Gasteiger partial charge in [-0.2, -0.15) is 0 Å². The van der Waals surface area contributed by atoms with Crippen molar-refractivity contribution < 1.29 is 23.4 Å². The molecule has 4 nitrogen and oxygen atoms in total. The van der Waals surface area contributed by atoms with Crippen LogP contribution in [0.3, 0.4) is 0 Å². The highest BCUT2D eigenvalue weighted by Crippen LogP contribution is 2.18. The topological polar surface area (TPSA) is 68.1 Å². The van der Waals surface area contributed by atoms with Gasteiger partial charge in [-0.3, -0.25) is 4.79 Å². The Morgan fingerprint density at radius 1 is 1.53 bits per heavy atom. The van der Waals surface area contributed by atoms with E-state index in [4.69, 9.17) is 5.73 Å². The van der Waals surface area contributed by atoms with Gasteiger partial charge in [-0.25, -0.2) is 0 Å². The van der Waals surface area contributed by atoms with E-state index in [9.17, 15) is 4.79 Å². The lowest BCUT2D eigenvalue weighted by Crippen LogP contribution is -3.00. The highest BCUT2D eigenvalue weighted by molar-refractivity contribution is 5.84. The molecule has 0 saturated carbocycles. The van der Waals surface area contributed by atoms with E-state index in [1.165, 1.54) is 7.11 Å². The van der Waals surface area contributed by atoms with Gasteiger partial charge in [-0.1, -0.05) is 18.2 Å². The zero-order valence-electron chi connectivity index (χ0n) is 10.4. The first-order valence-corrected chi connectivity index (χ1v) is 5.11. The number of nitrogens with two attached hydrogens (primary N) is 1. The number of hydrogen-bond acceptors (Lipinski definition) is 3. The third-order valence-electron chi connectivity index (χ3n) is 2.62. The van der Waals surface area contributed by atoms with Crippen molar-refractivity contribution in [1.82, 2.24) is 4.98 Å². The third kappa shape index (κ3) is 2.78. The number of esters is 1. The van der Waals surface area contributed by atoms with E-state index in [1.807, 2.05) is 30.5 Å². The Bertz CT molecular complexity index is 516. The number of fused-ring (bicyclic) bond motifs is 1. The third-order valence-corrected chi connectivity index (χ3v) is 2.62. The summed E-state index contributed by atoms with van der Waals surface area (Å²) >= 11 is 0. The minimum atomic E-state index is -0.607. The number of halogens is 1. The number of para-hydroxylation sites is 1. The summed E-state index contributed by atoms with van der Waals surface area (Å²) in [6.45, 7) is 0. The molecular weight excluding hydrogens is 240 g/mol. The number of carbonyl (C=O) groups excluding carboxylic acids is 1. The van der Waals surface area contributed by atoms with Crippen LogP contribution in [0.2, 0.25) is 0 Å². The van der Waals surface area contributed by atoms with Crippen molar-refractivity contribution in [2.45, 2.75) is 12.5 Å². The van der Waals surface area contributed by atoms with E-state index in [-0.39, 0.29) is 19.8 Å². The summed E-state index contributed by atoms with van der Waals surface area (Å²) in [5.41, 5.74) is 7.81. The average molecular weight is 255 g/mol. The first-order chi connectivity index (χ1) is 7.72. The molecule has 2 aromatic rings. The van der Waals surface area contributed by atoms with Gasteiger partial charge in [0.1, 0.15) is 6.04 Å².